The Hall–Kier alpha value is -2.33. The minimum absolute atomic E-state index is 0.111. The van der Waals surface area contributed by atoms with Crippen LogP contribution in [0.2, 0.25) is 5.02 Å². The fourth-order valence-electron chi connectivity index (χ4n) is 3.73. The van der Waals surface area contributed by atoms with Crippen LogP contribution in [0, 0.1) is 13.8 Å². The van der Waals surface area contributed by atoms with Gasteiger partial charge in [-0.15, -0.1) is 0 Å². The molecule has 1 aromatic carbocycles. The number of carbonyl (C=O) groups is 1. The highest BCUT2D eigenvalue weighted by molar-refractivity contribution is 9.10. The monoisotopic (exact) mass is 543 g/mol. The number of aryl methyl sites for hydroxylation is 1. The largest absolute Gasteiger partial charge is 0.436 e. The molecule has 2 heterocycles. The number of aromatic nitrogens is 4. The smallest absolute Gasteiger partial charge is 0.324 e. The van der Waals surface area contributed by atoms with E-state index >= 15 is 0 Å². The molecule has 0 spiro atoms. The van der Waals surface area contributed by atoms with Gasteiger partial charge in [0.15, 0.2) is 5.69 Å². The summed E-state index contributed by atoms with van der Waals surface area (Å²) in [5.74, 6) is -0.587. The third kappa shape index (κ3) is 4.82. The molecule has 1 unspecified atom stereocenters. The number of anilines is 1. The number of rotatable bonds is 6. The van der Waals surface area contributed by atoms with E-state index in [1.165, 1.54) is 6.92 Å². The van der Waals surface area contributed by atoms with Crippen molar-refractivity contribution < 1.29 is 18.0 Å². The third-order valence-electron chi connectivity index (χ3n) is 5.69. The topological polar surface area (TPSA) is 64.7 Å². The molecule has 1 amide bonds. The first-order chi connectivity index (χ1) is 15.5. The Morgan fingerprint density at radius 3 is 2.58 bits per heavy atom. The summed E-state index contributed by atoms with van der Waals surface area (Å²) in [4.78, 5) is 12.9. The Labute approximate surface area is 202 Å². The van der Waals surface area contributed by atoms with Gasteiger partial charge in [-0.1, -0.05) is 23.7 Å². The maximum atomic E-state index is 13.3. The zero-order valence-corrected chi connectivity index (χ0v) is 20.5. The molecule has 1 atom stereocenters. The lowest BCUT2D eigenvalue weighted by Gasteiger charge is -2.16. The van der Waals surface area contributed by atoms with Crippen LogP contribution in [0.5, 0.6) is 0 Å². The Bertz CT molecular complexity index is 1220. The lowest BCUT2D eigenvalue weighted by Crippen LogP contribution is -2.26. The van der Waals surface area contributed by atoms with E-state index in [1.807, 2.05) is 30.7 Å². The Morgan fingerprint density at radius 2 is 2.00 bits per heavy atom. The van der Waals surface area contributed by atoms with E-state index in [0.717, 1.165) is 38.9 Å². The molecule has 1 saturated carbocycles. The predicted octanol–water partition coefficient (Wildman–Crippen LogP) is 6.26. The average Bonchev–Trinajstić information content (AvgIpc) is 3.47. The summed E-state index contributed by atoms with van der Waals surface area (Å²) in [5, 5.41) is 10.5. The lowest BCUT2D eigenvalue weighted by molar-refractivity contribution is -0.141. The van der Waals surface area contributed by atoms with E-state index in [2.05, 4.69) is 31.4 Å². The van der Waals surface area contributed by atoms with E-state index in [4.69, 9.17) is 11.6 Å². The molecular weight excluding hydrogens is 523 g/mol. The molecule has 6 nitrogen and oxygen atoms in total. The molecule has 11 heteroatoms. The van der Waals surface area contributed by atoms with Crippen LogP contribution in [0.3, 0.4) is 0 Å². The van der Waals surface area contributed by atoms with Crippen molar-refractivity contribution in [3.63, 3.8) is 0 Å². The second-order valence-electron chi connectivity index (χ2n) is 8.27. The van der Waals surface area contributed by atoms with Gasteiger partial charge in [-0.25, -0.2) is 0 Å². The van der Waals surface area contributed by atoms with Gasteiger partial charge in [0.25, 0.3) is 0 Å². The van der Waals surface area contributed by atoms with Crippen molar-refractivity contribution in [3.05, 3.63) is 62.1 Å². The van der Waals surface area contributed by atoms with E-state index in [1.54, 1.807) is 12.1 Å². The first-order valence-electron chi connectivity index (χ1n) is 10.4. The first-order valence-corrected chi connectivity index (χ1v) is 11.6. The number of nitrogens with one attached hydrogen (secondary N) is 1. The van der Waals surface area contributed by atoms with Gasteiger partial charge in [0.05, 0.1) is 33.1 Å². The minimum Gasteiger partial charge on any atom is -0.324 e. The maximum absolute atomic E-state index is 13.3. The van der Waals surface area contributed by atoms with Crippen LogP contribution >= 0.6 is 27.5 Å². The normalized spacial score (nSPS) is 15.0. The molecule has 3 aromatic rings. The van der Waals surface area contributed by atoms with Crippen LogP contribution in [-0.2, 0) is 17.5 Å². The predicted molar refractivity (Wildman–Crippen MR) is 122 cm³/mol. The summed E-state index contributed by atoms with van der Waals surface area (Å²) < 4.78 is 44.0. The van der Waals surface area contributed by atoms with Crippen LogP contribution in [0.4, 0.5) is 18.9 Å². The summed E-state index contributed by atoms with van der Waals surface area (Å²) in [6, 6.07) is 6.29. The second kappa shape index (κ2) is 8.79. The molecule has 1 fully saturated rings. The molecule has 1 N–H and O–H groups in total. The number of benzene rings is 1. The standard InChI is InChI=1S/C22H22BrClF3N5O/c1-11-17(23)12(2)31(29-11)10-14-5-4-6-16(9-14)28-21(33)13(3)32-19(15-7-8-15)18(24)20(30-32)22(25,26)27/h4-6,9,13,15H,7-8,10H2,1-3H3,(H,28,33). The maximum Gasteiger partial charge on any atom is 0.436 e. The van der Waals surface area contributed by atoms with E-state index in [-0.39, 0.29) is 11.6 Å². The average molecular weight is 545 g/mol. The van der Waals surface area contributed by atoms with Gasteiger partial charge in [0.1, 0.15) is 6.04 Å². The van der Waals surface area contributed by atoms with Crippen LogP contribution in [0.25, 0.3) is 0 Å². The van der Waals surface area contributed by atoms with Gasteiger partial charge in [-0.05, 0) is 67.2 Å². The van der Waals surface area contributed by atoms with Crippen molar-refractivity contribution >= 4 is 39.1 Å². The SMILES string of the molecule is Cc1nn(Cc2cccc(NC(=O)C(C)n3nc(C(F)(F)F)c(Cl)c3C3CC3)c2)c(C)c1Br. The van der Waals surface area contributed by atoms with Gasteiger partial charge in [-0.3, -0.25) is 14.2 Å². The Balaban J connectivity index is 1.54. The van der Waals surface area contributed by atoms with Crippen molar-refractivity contribution in [3.8, 4) is 0 Å². The number of alkyl halides is 3. The lowest BCUT2D eigenvalue weighted by atomic mass is 10.2. The summed E-state index contributed by atoms with van der Waals surface area (Å²) in [6.07, 6.45) is -3.24. The van der Waals surface area contributed by atoms with Crippen molar-refractivity contribution in [1.29, 1.82) is 0 Å². The highest BCUT2D eigenvalue weighted by Gasteiger charge is 2.43. The summed E-state index contributed by atoms with van der Waals surface area (Å²) in [6.45, 7) is 5.89. The van der Waals surface area contributed by atoms with Crippen molar-refractivity contribution in [2.75, 3.05) is 5.32 Å². The van der Waals surface area contributed by atoms with E-state index in [0.29, 0.717) is 12.2 Å². The minimum atomic E-state index is -4.69. The number of nitrogens with zero attached hydrogens (tertiary/aromatic N) is 4. The van der Waals surface area contributed by atoms with Crippen molar-refractivity contribution in [2.24, 2.45) is 0 Å². The number of hydrogen-bond donors (Lipinski definition) is 1. The summed E-state index contributed by atoms with van der Waals surface area (Å²) in [5.41, 5.74) is 2.44. The Morgan fingerprint density at radius 1 is 1.30 bits per heavy atom. The van der Waals surface area contributed by atoms with Gasteiger partial charge in [0, 0.05) is 11.6 Å². The number of carbonyl (C=O) groups excluding carboxylic acids is 1. The fraction of sp³-hybridized carbons (Fsp3) is 0.409. The molecule has 1 aliphatic carbocycles. The van der Waals surface area contributed by atoms with Gasteiger partial charge >= 0.3 is 6.18 Å². The molecule has 0 saturated heterocycles. The quantitative estimate of drug-likeness (QED) is 0.399. The molecule has 0 bridgehead atoms. The van der Waals surface area contributed by atoms with Gasteiger partial charge in [0.2, 0.25) is 5.91 Å². The van der Waals surface area contributed by atoms with Crippen LogP contribution in [0.15, 0.2) is 28.7 Å². The molecule has 176 valence electrons. The molecule has 33 heavy (non-hydrogen) atoms. The molecular formula is C22H22BrClF3N5O. The van der Waals surface area contributed by atoms with Crippen molar-refractivity contribution in [2.45, 2.75) is 58.3 Å². The molecule has 0 radical (unpaired) electrons. The van der Waals surface area contributed by atoms with Crippen LogP contribution < -0.4 is 5.32 Å². The Kier molecular flexibility index (Phi) is 6.34. The molecule has 0 aliphatic heterocycles. The van der Waals surface area contributed by atoms with Crippen LogP contribution in [0.1, 0.15) is 60.1 Å². The van der Waals surface area contributed by atoms with Gasteiger partial charge < -0.3 is 5.32 Å². The van der Waals surface area contributed by atoms with Crippen molar-refractivity contribution in [1.82, 2.24) is 19.6 Å². The van der Waals surface area contributed by atoms with E-state index in [9.17, 15) is 18.0 Å². The third-order valence-corrected chi connectivity index (χ3v) is 7.21. The summed E-state index contributed by atoms with van der Waals surface area (Å²) >= 11 is 9.54. The highest BCUT2D eigenvalue weighted by Crippen LogP contribution is 2.47. The number of amides is 1. The molecule has 4 rings (SSSR count). The fourth-order valence-corrected chi connectivity index (χ4v) is 4.40. The zero-order chi connectivity index (χ0) is 24.1. The number of hydrogen-bond acceptors (Lipinski definition) is 3. The van der Waals surface area contributed by atoms with Gasteiger partial charge in [-0.2, -0.15) is 23.4 Å². The zero-order valence-electron chi connectivity index (χ0n) is 18.2. The first kappa shape index (κ1) is 23.8. The van der Waals surface area contributed by atoms with Crippen LogP contribution in [-0.4, -0.2) is 25.5 Å². The summed E-state index contributed by atoms with van der Waals surface area (Å²) in [7, 11) is 0. The van der Waals surface area contributed by atoms with E-state index < -0.39 is 28.8 Å². The second-order valence-corrected chi connectivity index (χ2v) is 9.44. The molecule has 2 aromatic heterocycles. The highest BCUT2D eigenvalue weighted by atomic mass is 79.9. The molecule has 1 aliphatic rings. The number of halogens is 5.